The van der Waals surface area contributed by atoms with Gasteiger partial charge in [-0.2, -0.15) is 0 Å². The summed E-state index contributed by atoms with van der Waals surface area (Å²) >= 11 is 0. The van der Waals surface area contributed by atoms with Crippen molar-refractivity contribution in [3.63, 3.8) is 0 Å². The molecular weight excluding hydrogens is 128 g/mol. The number of hydrogen-bond acceptors (Lipinski definition) is 2. The lowest BCUT2D eigenvalue weighted by molar-refractivity contribution is -0.147. The van der Waals surface area contributed by atoms with E-state index in [-0.39, 0.29) is 12.1 Å². The Balaban J connectivity index is 2.05. The highest BCUT2D eigenvalue weighted by Crippen LogP contribution is 2.34. The number of hydrogen-bond donors (Lipinski definition) is 0. The molecule has 2 atom stereocenters. The first-order valence-corrected chi connectivity index (χ1v) is 4.04. The summed E-state index contributed by atoms with van der Waals surface area (Å²) in [6, 6.07) is 0. The van der Waals surface area contributed by atoms with Crippen LogP contribution in [-0.2, 0) is 9.53 Å². The van der Waals surface area contributed by atoms with Crippen molar-refractivity contribution < 1.29 is 9.53 Å². The first kappa shape index (κ1) is 6.20. The molecule has 0 N–H and O–H groups in total. The first-order valence-electron chi connectivity index (χ1n) is 4.04. The molecule has 10 heavy (non-hydrogen) atoms. The number of rotatable bonds is 0. The van der Waals surface area contributed by atoms with Crippen LogP contribution in [0.25, 0.3) is 0 Å². The van der Waals surface area contributed by atoms with E-state index in [1.54, 1.807) is 0 Å². The lowest BCUT2D eigenvalue weighted by atomic mass is 10.0. The highest BCUT2D eigenvalue weighted by molar-refractivity contribution is 5.69. The summed E-state index contributed by atoms with van der Waals surface area (Å²) in [4.78, 5) is 10.9. The SMILES string of the molecule is O=C1CC[C@@H]2CC[C@@H](C2)O1. The average Bonchev–Trinajstić information content (AvgIpc) is 2.22. The van der Waals surface area contributed by atoms with Gasteiger partial charge in [-0.1, -0.05) is 0 Å². The molecule has 2 heteroatoms. The fourth-order valence-electron chi connectivity index (χ4n) is 1.97. The van der Waals surface area contributed by atoms with Crippen LogP contribution in [-0.4, -0.2) is 12.1 Å². The molecule has 1 aliphatic heterocycles. The van der Waals surface area contributed by atoms with E-state index >= 15 is 0 Å². The van der Waals surface area contributed by atoms with Crippen molar-refractivity contribution in [2.24, 2.45) is 5.92 Å². The van der Waals surface area contributed by atoms with Gasteiger partial charge in [0.2, 0.25) is 0 Å². The van der Waals surface area contributed by atoms with Gasteiger partial charge in [0.1, 0.15) is 6.10 Å². The Morgan fingerprint density at radius 3 is 3.10 bits per heavy atom. The zero-order chi connectivity index (χ0) is 6.97. The normalized spacial score (nSPS) is 39.0. The van der Waals surface area contributed by atoms with E-state index < -0.39 is 0 Å². The maximum atomic E-state index is 10.9. The van der Waals surface area contributed by atoms with Crippen molar-refractivity contribution in [2.75, 3.05) is 0 Å². The fraction of sp³-hybridized carbons (Fsp3) is 0.875. The van der Waals surface area contributed by atoms with E-state index in [2.05, 4.69) is 0 Å². The Kier molecular flexibility index (Phi) is 1.40. The molecule has 1 saturated heterocycles. The molecule has 1 heterocycles. The first-order chi connectivity index (χ1) is 4.84. The molecule has 0 amide bonds. The maximum Gasteiger partial charge on any atom is 0.306 e. The molecule has 1 saturated carbocycles. The van der Waals surface area contributed by atoms with Crippen molar-refractivity contribution in [2.45, 2.75) is 38.2 Å². The Morgan fingerprint density at radius 1 is 1.30 bits per heavy atom. The summed E-state index contributed by atoms with van der Waals surface area (Å²) < 4.78 is 5.16. The second-order valence-corrected chi connectivity index (χ2v) is 3.33. The van der Waals surface area contributed by atoms with Crippen LogP contribution in [0.1, 0.15) is 32.1 Å². The minimum atomic E-state index is 0.0206. The number of carbonyl (C=O) groups excluding carboxylic acids is 1. The van der Waals surface area contributed by atoms with E-state index in [4.69, 9.17) is 4.74 Å². The predicted molar refractivity (Wildman–Crippen MR) is 36.5 cm³/mol. The molecule has 0 spiro atoms. The van der Waals surface area contributed by atoms with E-state index in [0.29, 0.717) is 6.42 Å². The quantitative estimate of drug-likeness (QED) is 0.476. The summed E-state index contributed by atoms with van der Waals surface area (Å²) in [5.41, 5.74) is 0. The Labute approximate surface area is 60.6 Å². The summed E-state index contributed by atoms with van der Waals surface area (Å²) in [5.74, 6) is 0.809. The smallest absolute Gasteiger partial charge is 0.306 e. The highest BCUT2D eigenvalue weighted by Gasteiger charge is 2.30. The van der Waals surface area contributed by atoms with Crippen LogP contribution >= 0.6 is 0 Å². The summed E-state index contributed by atoms with van der Waals surface area (Å²) in [7, 11) is 0. The molecule has 0 aromatic heterocycles. The molecule has 0 aromatic carbocycles. The number of fused-ring (bicyclic) bond motifs is 2. The van der Waals surface area contributed by atoms with Gasteiger partial charge in [0, 0.05) is 6.42 Å². The van der Waals surface area contributed by atoms with Crippen LogP contribution in [0.4, 0.5) is 0 Å². The van der Waals surface area contributed by atoms with E-state index in [0.717, 1.165) is 25.2 Å². The van der Waals surface area contributed by atoms with Crippen LogP contribution < -0.4 is 0 Å². The van der Waals surface area contributed by atoms with Gasteiger partial charge in [-0.15, -0.1) is 0 Å². The zero-order valence-corrected chi connectivity index (χ0v) is 6.01. The number of ether oxygens (including phenoxy) is 1. The topological polar surface area (TPSA) is 26.3 Å². The molecule has 2 rings (SSSR count). The van der Waals surface area contributed by atoms with Crippen molar-refractivity contribution in [1.29, 1.82) is 0 Å². The van der Waals surface area contributed by atoms with E-state index in [9.17, 15) is 4.79 Å². The Bertz CT molecular complexity index is 153. The van der Waals surface area contributed by atoms with Gasteiger partial charge in [0.25, 0.3) is 0 Å². The van der Waals surface area contributed by atoms with Crippen molar-refractivity contribution >= 4 is 5.97 Å². The highest BCUT2D eigenvalue weighted by atomic mass is 16.5. The zero-order valence-electron chi connectivity index (χ0n) is 6.01. The molecule has 0 aromatic rings. The second kappa shape index (κ2) is 2.26. The molecule has 1 aliphatic carbocycles. The van der Waals surface area contributed by atoms with Gasteiger partial charge < -0.3 is 4.74 Å². The van der Waals surface area contributed by atoms with Crippen molar-refractivity contribution in [3.05, 3.63) is 0 Å². The van der Waals surface area contributed by atoms with Gasteiger partial charge >= 0.3 is 5.97 Å². The van der Waals surface area contributed by atoms with Gasteiger partial charge in [0.05, 0.1) is 0 Å². The second-order valence-electron chi connectivity index (χ2n) is 3.33. The predicted octanol–water partition coefficient (Wildman–Crippen LogP) is 1.49. The lowest BCUT2D eigenvalue weighted by Gasteiger charge is -2.08. The number of carbonyl (C=O) groups is 1. The molecule has 2 bridgehead atoms. The molecule has 2 nitrogen and oxygen atoms in total. The van der Waals surface area contributed by atoms with Crippen LogP contribution in [0, 0.1) is 5.92 Å². The standard InChI is InChI=1S/C8H12O2/c9-8-4-2-6-1-3-7(5-6)10-8/h6-7H,1-5H2/t6-,7-/m0/s1. The lowest BCUT2D eigenvalue weighted by Crippen LogP contribution is -2.12. The van der Waals surface area contributed by atoms with Crippen LogP contribution in [0.5, 0.6) is 0 Å². The van der Waals surface area contributed by atoms with Crippen molar-refractivity contribution in [3.8, 4) is 0 Å². The monoisotopic (exact) mass is 140 g/mol. The summed E-state index contributed by atoms with van der Waals surface area (Å²) in [5, 5.41) is 0. The third kappa shape index (κ3) is 1.02. The van der Waals surface area contributed by atoms with Gasteiger partial charge in [0.15, 0.2) is 0 Å². The van der Waals surface area contributed by atoms with Crippen molar-refractivity contribution in [1.82, 2.24) is 0 Å². The summed E-state index contributed by atoms with van der Waals surface area (Å²) in [6.07, 6.45) is 5.51. The van der Waals surface area contributed by atoms with Gasteiger partial charge in [-0.25, -0.2) is 0 Å². The molecule has 0 radical (unpaired) electrons. The fourth-order valence-corrected chi connectivity index (χ4v) is 1.97. The van der Waals surface area contributed by atoms with Gasteiger partial charge in [-0.05, 0) is 31.6 Å². The maximum absolute atomic E-state index is 10.9. The molecule has 0 unspecified atom stereocenters. The van der Waals surface area contributed by atoms with E-state index in [1.807, 2.05) is 0 Å². The Morgan fingerprint density at radius 2 is 2.20 bits per heavy atom. The number of esters is 1. The molecule has 56 valence electrons. The van der Waals surface area contributed by atoms with E-state index in [1.165, 1.54) is 6.42 Å². The Hall–Kier alpha value is -0.530. The summed E-state index contributed by atoms with van der Waals surface area (Å²) in [6.45, 7) is 0. The van der Waals surface area contributed by atoms with Gasteiger partial charge in [-0.3, -0.25) is 4.79 Å². The third-order valence-electron chi connectivity index (χ3n) is 2.55. The van der Waals surface area contributed by atoms with Crippen LogP contribution in [0.2, 0.25) is 0 Å². The largest absolute Gasteiger partial charge is 0.462 e. The van der Waals surface area contributed by atoms with Crippen LogP contribution in [0.3, 0.4) is 0 Å². The third-order valence-corrected chi connectivity index (χ3v) is 2.55. The minimum absolute atomic E-state index is 0.0206. The minimum Gasteiger partial charge on any atom is -0.462 e. The molecule has 2 aliphatic rings. The average molecular weight is 140 g/mol. The van der Waals surface area contributed by atoms with Crippen LogP contribution in [0.15, 0.2) is 0 Å². The molecular formula is C8H12O2. The molecule has 2 fully saturated rings.